The summed E-state index contributed by atoms with van der Waals surface area (Å²) in [6, 6.07) is 14.9. The van der Waals surface area contributed by atoms with Crippen LogP contribution in [0.4, 0.5) is 4.39 Å². The topological polar surface area (TPSA) is 81.8 Å². The number of aromatic nitrogens is 4. The average Bonchev–Trinajstić information content (AvgIpc) is 3.38. The molecule has 0 spiro atoms. The molecule has 1 aliphatic carbocycles. The molecule has 0 bridgehead atoms. The minimum atomic E-state index is -0.481. The number of amides is 1. The number of halogens is 1. The Labute approximate surface area is 167 Å². The molecule has 0 aliphatic heterocycles. The van der Waals surface area contributed by atoms with Gasteiger partial charge in [-0.05, 0) is 59.0 Å². The Balaban J connectivity index is 1.51. The first-order valence-corrected chi connectivity index (χ1v) is 9.75. The lowest BCUT2D eigenvalue weighted by molar-refractivity contribution is -0.123. The summed E-state index contributed by atoms with van der Waals surface area (Å²) in [7, 11) is 0. The van der Waals surface area contributed by atoms with Gasteiger partial charge in [-0.1, -0.05) is 43.2 Å². The lowest BCUT2D eigenvalue weighted by atomic mass is 9.91. The van der Waals surface area contributed by atoms with Gasteiger partial charge >= 0.3 is 5.69 Å². The number of benzene rings is 2. The Morgan fingerprint density at radius 3 is 2.45 bits per heavy atom. The van der Waals surface area contributed by atoms with E-state index in [-0.39, 0.29) is 24.3 Å². The van der Waals surface area contributed by atoms with Crippen molar-refractivity contribution in [3.8, 4) is 5.69 Å². The molecule has 8 heteroatoms. The molecule has 1 atom stereocenters. The van der Waals surface area contributed by atoms with Crippen LogP contribution in [-0.2, 0) is 11.3 Å². The van der Waals surface area contributed by atoms with Crippen LogP contribution in [0.25, 0.3) is 5.69 Å². The van der Waals surface area contributed by atoms with Crippen LogP contribution < -0.4 is 11.0 Å². The zero-order valence-electron chi connectivity index (χ0n) is 15.9. The fourth-order valence-electron chi connectivity index (χ4n) is 3.89. The molecule has 1 N–H and O–H groups in total. The number of carbonyl (C=O) groups is 1. The van der Waals surface area contributed by atoms with E-state index in [9.17, 15) is 14.0 Å². The largest absolute Gasteiger partial charge is 0.368 e. The predicted molar refractivity (Wildman–Crippen MR) is 105 cm³/mol. The normalized spacial score (nSPS) is 15.3. The Morgan fingerprint density at radius 1 is 1.07 bits per heavy atom. The molecule has 3 aromatic rings. The molecule has 1 amide bonds. The van der Waals surface area contributed by atoms with Gasteiger partial charge < -0.3 is 5.32 Å². The third-order valence-electron chi connectivity index (χ3n) is 5.35. The zero-order valence-corrected chi connectivity index (χ0v) is 15.9. The second-order valence-electron chi connectivity index (χ2n) is 7.31. The molecule has 7 nitrogen and oxygen atoms in total. The van der Waals surface area contributed by atoms with E-state index in [0.29, 0.717) is 11.6 Å². The van der Waals surface area contributed by atoms with E-state index in [1.807, 2.05) is 6.07 Å². The number of nitrogens with one attached hydrogen (secondary N) is 1. The van der Waals surface area contributed by atoms with Gasteiger partial charge in [0.2, 0.25) is 5.91 Å². The van der Waals surface area contributed by atoms with E-state index in [1.54, 1.807) is 36.4 Å². The predicted octanol–water partition coefficient (Wildman–Crippen LogP) is 2.62. The number of hydrogen-bond donors (Lipinski definition) is 1. The first kappa shape index (κ1) is 19.0. The summed E-state index contributed by atoms with van der Waals surface area (Å²) in [6.45, 7) is -0.226. The van der Waals surface area contributed by atoms with Crippen molar-refractivity contribution in [2.45, 2.75) is 38.3 Å². The molecule has 0 radical (unpaired) electrons. The molecule has 4 rings (SSSR count). The van der Waals surface area contributed by atoms with Crippen molar-refractivity contribution in [2.24, 2.45) is 5.92 Å². The number of hydrogen-bond acceptors (Lipinski definition) is 4. The van der Waals surface area contributed by atoms with Gasteiger partial charge in [-0.15, -0.1) is 0 Å². The molecule has 1 saturated carbocycles. The highest BCUT2D eigenvalue weighted by Gasteiger charge is 2.28. The summed E-state index contributed by atoms with van der Waals surface area (Å²) in [4.78, 5) is 25.2. The van der Waals surface area contributed by atoms with Crippen molar-refractivity contribution in [3.05, 3.63) is 76.5 Å². The second kappa shape index (κ2) is 8.38. The average molecular weight is 395 g/mol. The first-order valence-electron chi connectivity index (χ1n) is 9.75. The van der Waals surface area contributed by atoms with Gasteiger partial charge in [-0.25, -0.2) is 9.18 Å². The number of carbonyl (C=O) groups excluding carboxylic acids is 1. The molecular formula is C21H22FN5O2. The van der Waals surface area contributed by atoms with E-state index in [4.69, 9.17) is 0 Å². The van der Waals surface area contributed by atoms with Gasteiger partial charge in [0, 0.05) is 0 Å². The second-order valence-corrected chi connectivity index (χ2v) is 7.31. The standard InChI is InChI=1S/C21H22FN5O2/c22-17-12-10-16(11-13-17)20(15-6-4-5-7-15)23-19(28)14-26-21(29)27(25-24-26)18-8-2-1-3-9-18/h1-3,8-13,15,20H,4-7,14H2,(H,23,28). The fourth-order valence-corrected chi connectivity index (χ4v) is 3.89. The van der Waals surface area contributed by atoms with Crippen LogP contribution >= 0.6 is 0 Å². The number of nitrogens with zero attached hydrogens (tertiary/aromatic N) is 4. The number of rotatable bonds is 6. The zero-order chi connectivity index (χ0) is 20.2. The summed E-state index contributed by atoms with van der Waals surface area (Å²) in [6.07, 6.45) is 4.24. The molecule has 0 saturated heterocycles. The lowest BCUT2D eigenvalue weighted by Gasteiger charge is -2.25. The van der Waals surface area contributed by atoms with E-state index < -0.39 is 5.69 Å². The highest BCUT2D eigenvalue weighted by atomic mass is 19.1. The van der Waals surface area contributed by atoms with Crippen molar-refractivity contribution >= 4 is 5.91 Å². The van der Waals surface area contributed by atoms with E-state index >= 15 is 0 Å². The summed E-state index contributed by atoms with van der Waals surface area (Å²) in [5, 5.41) is 10.7. The van der Waals surface area contributed by atoms with Crippen molar-refractivity contribution in [3.63, 3.8) is 0 Å². The highest BCUT2D eigenvalue weighted by Crippen LogP contribution is 2.35. The first-order chi connectivity index (χ1) is 14.1. The smallest absolute Gasteiger partial charge is 0.347 e. The Bertz CT molecular complexity index is 1020. The van der Waals surface area contributed by atoms with Crippen molar-refractivity contribution in [2.75, 3.05) is 0 Å². The van der Waals surface area contributed by atoms with E-state index in [0.717, 1.165) is 40.6 Å². The molecule has 1 unspecified atom stereocenters. The number of para-hydroxylation sites is 1. The van der Waals surface area contributed by atoms with Gasteiger partial charge in [0.1, 0.15) is 12.4 Å². The maximum atomic E-state index is 13.3. The molecule has 1 fully saturated rings. The van der Waals surface area contributed by atoms with Gasteiger partial charge in [-0.3, -0.25) is 4.79 Å². The monoisotopic (exact) mass is 395 g/mol. The van der Waals surface area contributed by atoms with Crippen LogP contribution in [-0.4, -0.2) is 25.7 Å². The Kier molecular flexibility index (Phi) is 5.50. The summed E-state index contributed by atoms with van der Waals surface area (Å²) in [5.74, 6) is -0.344. The van der Waals surface area contributed by atoms with Crippen LogP contribution in [0.1, 0.15) is 37.3 Å². The van der Waals surface area contributed by atoms with Crippen molar-refractivity contribution in [1.29, 1.82) is 0 Å². The Morgan fingerprint density at radius 2 is 1.76 bits per heavy atom. The van der Waals surface area contributed by atoms with Gasteiger partial charge in [0.05, 0.1) is 11.7 Å². The third kappa shape index (κ3) is 4.26. The molecule has 150 valence electrons. The number of tetrazole rings is 1. The molecule has 2 aromatic carbocycles. The Hall–Kier alpha value is -3.29. The lowest BCUT2D eigenvalue weighted by Crippen LogP contribution is -2.37. The summed E-state index contributed by atoms with van der Waals surface area (Å²) >= 11 is 0. The van der Waals surface area contributed by atoms with Crippen LogP contribution in [0.15, 0.2) is 59.4 Å². The van der Waals surface area contributed by atoms with Crippen LogP contribution in [0.3, 0.4) is 0 Å². The maximum Gasteiger partial charge on any atom is 0.368 e. The minimum Gasteiger partial charge on any atom is -0.347 e. The van der Waals surface area contributed by atoms with E-state index in [2.05, 4.69) is 15.7 Å². The van der Waals surface area contributed by atoms with Crippen LogP contribution in [0.2, 0.25) is 0 Å². The fraction of sp³-hybridized carbons (Fsp3) is 0.333. The molecule has 1 heterocycles. The van der Waals surface area contributed by atoms with Gasteiger partial charge in [-0.2, -0.15) is 9.36 Å². The highest BCUT2D eigenvalue weighted by molar-refractivity contribution is 5.76. The quantitative estimate of drug-likeness (QED) is 0.696. The maximum absolute atomic E-state index is 13.3. The van der Waals surface area contributed by atoms with Gasteiger partial charge in [0.15, 0.2) is 0 Å². The van der Waals surface area contributed by atoms with E-state index in [1.165, 1.54) is 12.1 Å². The molecule has 1 aromatic heterocycles. The van der Waals surface area contributed by atoms with Crippen molar-refractivity contribution in [1.82, 2.24) is 25.1 Å². The van der Waals surface area contributed by atoms with Crippen LogP contribution in [0, 0.1) is 11.7 Å². The minimum absolute atomic E-state index is 0.217. The summed E-state index contributed by atoms with van der Waals surface area (Å²) in [5.41, 5.74) is 0.969. The summed E-state index contributed by atoms with van der Waals surface area (Å²) < 4.78 is 15.5. The van der Waals surface area contributed by atoms with Crippen molar-refractivity contribution < 1.29 is 9.18 Å². The van der Waals surface area contributed by atoms with Crippen LogP contribution in [0.5, 0.6) is 0 Å². The van der Waals surface area contributed by atoms with Gasteiger partial charge in [0.25, 0.3) is 0 Å². The third-order valence-corrected chi connectivity index (χ3v) is 5.35. The molecular weight excluding hydrogens is 373 g/mol. The SMILES string of the molecule is O=C(Cn1nnn(-c2ccccc2)c1=O)NC(c1ccc(F)cc1)C1CCCC1. The molecule has 29 heavy (non-hydrogen) atoms. The molecule has 1 aliphatic rings.